The van der Waals surface area contributed by atoms with Gasteiger partial charge in [-0.2, -0.15) is 0 Å². The van der Waals surface area contributed by atoms with Crippen LogP contribution in [0.15, 0.2) is 12.1 Å². The van der Waals surface area contributed by atoms with Crippen LogP contribution in [0.5, 0.6) is 0 Å². The molecule has 3 N–H and O–H groups in total. The monoisotopic (exact) mass is 288 g/mol. The molecule has 2 aliphatic heterocycles. The Morgan fingerprint density at radius 2 is 2.19 bits per heavy atom. The molecule has 3 heterocycles. The first-order chi connectivity index (χ1) is 10.2. The zero-order chi connectivity index (χ0) is 14.8. The highest BCUT2D eigenvalue weighted by molar-refractivity contribution is 5.97. The average Bonchev–Trinajstić information content (AvgIpc) is 3.01. The lowest BCUT2D eigenvalue weighted by atomic mass is 9.94. The SMILES string of the molecule is Cc1ccc(C(N)=O)c(N2CCCCC2C2CCCN2)n1. The highest BCUT2D eigenvalue weighted by atomic mass is 16.1. The maximum Gasteiger partial charge on any atom is 0.252 e. The summed E-state index contributed by atoms with van der Waals surface area (Å²) in [5.74, 6) is 0.391. The summed E-state index contributed by atoms with van der Waals surface area (Å²) in [6.07, 6.45) is 6.00. The number of nitrogens with one attached hydrogen (secondary N) is 1. The van der Waals surface area contributed by atoms with Gasteiger partial charge >= 0.3 is 0 Å². The van der Waals surface area contributed by atoms with Gasteiger partial charge in [0, 0.05) is 24.3 Å². The number of pyridine rings is 1. The molecule has 2 saturated heterocycles. The Bertz CT molecular complexity index is 525. The summed E-state index contributed by atoms with van der Waals surface area (Å²) in [5, 5.41) is 3.60. The molecule has 1 amide bonds. The van der Waals surface area contributed by atoms with Gasteiger partial charge < -0.3 is 16.0 Å². The van der Waals surface area contributed by atoms with E-state index in [2.05, 4.69) is 15.2 Å². The second kappa shape index (κ2) is 6.02. The number of carbonyl (C=O) groups is 1. The molecule has 3 rings (SSSR count). The van der Waals surface area contributed by atoms with E-state index < -0.39 is 0 Å². The summed E-state index contributed by atoms with van der Waals surface area (Å²) < 4.78 is 0. The van der Waals surface area contributed by atoms with Gasteiger partial charge in [-0.05, 0) is 57.7 Å². The molecule has 5 heteroatoms. The lowest BCUT2D eigenvalue weighted by Gasteiger charge is -2.40. The predicted octanol–water partition coefficient (Wildman–Crippen LogP) is 1.60. The lowest BCUT2D eigenvalue weighted by Crippen LogP contribution is -2.51. The Kier molecular flexibility index (Phi) is 4.10. The van der Waals surface area contributed by atoms with Crippen molar-refractivity contribution in [2.24, 2.45) is 5.73 Å². The number of nitrogens with two attached hydrogens (primary N) is 1. The van der Waals surface area contributed by atoms with Gasteiger partial charge in [0.15, 0.2) is 0 Å². The quantitative estimate of drug-likeness (QED) is 0.886. The lowest BCUT2D eigenvalue weighted by molar-refractivity contribution is 0.1000. The Labute approximate surface area is 125 Å². The number of piperidine rings is 1. The minimum absolute atomic E-state index is 0.388. The van der Waals surface area contributed by atoms with Crippen molar-refractivity contribution in [3.05, 3.63) is 23.4 Å². The number of carbonyl (C=O) groups excluding carboxylic acids is 1. The number of amides is 1. The Morgan fingerprint density at radius 1 is 1.33 bits per heavy atom. The van der Waals surface area contributed by atoms with E-state index in [4.69, 9.17) is 5.73 Å². The van der Waals surface area contributed by atoms with E-state index in [0.717, 1.165) is 37.4 Å². The summed E-state index contributed by atoms with van der Waals surface area (Å²) in [7, 11) is 0. The highest BCUT2D eigenvalue weighted by Crippen LogP contribution is 2.30. The largest absolute Gasteiger partial charge is 0.365 e. The van der Waals surface area contributed by atoms with Crippen molar-refractivity contribution in [2.45, 2.75) is 51.1 Å². The van der Waals surface area contributed by atoms with Gasteiger partial charge in [-0.25, -0.2) is 4.98 Å². The fourth-order valence-electron chi connectivity index (χ4n) is 3.63. The standard InChI is InChI=1S/C16H24N4O/c1-11-7-8-12(15(17)21)16(19-11)20-10-3-2-6-14(20)13-5-4-9-18-13/h7-8,13-14,18H,2-6,9-10H2,1H3,(H2,17,21). The number of nitrogens with zero attached hydrogens (tertiary/aromatic N) is 2. The van der Waals surface area contributed by atoms with Crippen molar-refractivity contribution in [2.75, 3.05) is 18.0 Å². The fraction of sp³-hybridized carbons (Fsp3) is 0.625. The van der Waals surface area contributed by atoms with Crippen LogP contribution < -0.4 is 16.0 Å². The number of anilines is 1. The molecule has 0 spiro atoms. The van der Waals surface area contributed by atoms with Crippen LogP contribution in [0, 0.1) is 6.92 Å². The first-order valence-corrected chi connectivity index (χ1v) is 7.94. The second-order valence-electron chi connectivity index (χ2n) is 6.15. The van der Waals surface area contributed by atoms with Gasteiger partial charge in [-0.15, -0.1) is 0 Å². The number of primary amides is 1. The van der Waals surface area contributed by atoms with Gasteiger partial charge in [0.25, 0.3) is 5.91 Å². The zero-order valence-electron chi connectivity index (χ0n) is 12.6. The normalized spacial score (nSPS) is 26.0. The van der Waals surface area contributed by atoms with Crippen molar-refractivity contribution in [1.29, 1.82) is 0 Å². The Hall–Kier alpha value is -1.62. The summed E-state index contributed by atoms with van der Waals surface area (Å²) >= 11 is 0. The van der Waals surface area contributed by atoms with Crippen LogP contribution in [0.25, 0.3) is 0 Å². The van der Waals surface area contributed by atoms with Crippen LogP contribution in [0.1, 0.15) is 48.2 Å². The van der Waals surface area contributed by atoms with Crippen LogP contribution in [-0.2, 0) is 0 Å². The smallest absolute Gasteiger partial charge is 0.252 e. The third kappa shape index (κ3) is 2.88. The number of hydrogen-bond donors (Lipinski definition) is 2. The number of rotatable bonds is 3. The van der Waals surface area contributed by atoms with Gasteiger partial charge in [0.2, 0.25) is 0 Å². The third-order valence-electron chi connectivity index (χ3n) is 4.66. The molecule has 0 aromatic carbocycles. The number of aromatic nitrogens is 1. The van der Waals surface area contributed by atoms with Crippen LogP contribution >= 0.6 is 0 Å². The Balaban J connectivity index is 1.95. The molecule has 0 saturated carbocycles. The van der Waals surface area contributed by atoms with Gasteiger partial charge in [0.1, 0.15) is 5.82 Å². The van der Waals surface area contributed by atoms with Crippen LogP contribution in [0.2, 0.25) is 0 Å². The van der Waals surface area contributed by atoms with E-state index in [1.165, 1.54) is 19.3 Å². The maximum atomic E-state index is 11.7. The summed E-state index contributed by atoms with van der Waals surface area (Å²) in [4.78, 5) is 18.7. The van der Waals surface area contributed by atoms with E-state index >= 15 is 0 Å². The van der Waals surface area contributed by atoms with Crippen molar-refractivity contribution < 1.29 is 4.79 Å². The van der Waals surface area contributed by atoms with Crippen molar-refractivity contribution in [1.82, 2.24) is 10.3 Å². The van der Waals surface area contributed by atoms with Gasteiger partial charge in [-0.3, -0.25) is 4.79 Å². The topological polar surface area (TPSA) is 71.2 Å². The Morgan fingerprint density at radius 3 is 2.90 bits per heavy atom. The molecule has 0 bridgehead atoms. The highest BCUT2D eigenvalue weighted by Gasteiger charge is 2.33. The molecule has 2 unspecified atom stereocenters. The number of hydrogen-bond acceptors (Lipinski definition) is 4. The molecular weight excluding hydrogens is 264 g/mol. The molecule has 1 aromatic rings. The first-order valence-electron chi connectivity index (χ1n) is 7.94. The second-order valence-corrected chi connectivity index (χ2v) is 6.15. The van der Waals surface area contributed by atoms with Crippen LogP contribution in [0.4, 0.5) is 5.82 Å². The predicted molar refractivity (Wildman–Crippen MR) is 83.5 cm³/mol. The average molecular weight is 288 g/mol. The molecule has 2 aliphatic rings. The van der Waals surface area contributed by atoms with E-state index in [0.29, 0.717) is 17.6 Å². The van der Waals surface area contributed by atoms with Crippen molar-refractivity contribution >= 4 is 11.7 Å². The summed E-state index contributed by atoms with van der Waals surface area (Å²) in [6, 6.07) is 4.60. The molecule has 5 nitrogen and oxygen atoms in total. The van der Waals surface area contributed by atoms with E-state index in [1.807, 2.05) is 19.1 Å². The minimum Gasteiger partial charge on any atom is -0.365 e. The molecule has 114 valence electrons. The van der Waals surface area contributed by atoms with Gasteiger partial charge in [-0.1, -0.05) is 0 Å². The zero-order valence-corrected chi connectivity index (χ0v) is 12.6. The molecular formula is C16H24N4O. The van der Waals surface area contributed by atoms with Crippen molar-refractivity contribution in [3.8, 4) is 0 Å². The first kappa shape index (κ1) is 14.3. The van der Waals surface area contributed by atoms with E-state index in [9.17, 15) is 4.79 Å². The fourth-order valence-corrected chi connectivity index (χ4v) is 3.63. The van der Waals surface area contributed by atoms with Crippen molar-refractivity contribution in [3.63, 3.8) is 0 Å². The van der Waals surface area contributed by atoms with Gasteiger partial charge in [0.05, 0.1) is 5.56 Å². The van der Waals surface area contributed by atoms with E-state index in [1.54, 1.807) is 0 Å². The maximum absolute atomic E-state index is 11.7. The molecule has 21 heavy (non-hydrogen) atoms. The third-order valence-corrected chi connectivity index (χ3v) is 4.66. The molecule has 0 aliphatic carbocycles. The summed E-state index contributed by atoms with van der Waals surface area (Å²) in [5.41, 5.74) is 7.03. The molecule has 2 fully saturated rings. The molecule has 0 radical (unpaired) electrons. The van der Waals surface area contributed by atoms with E-state index in [-0.39, 0.29) is 5.91 Å². The van der Waals surface area contributed by atoms with Crippen LogP contribution in [-0.4, -0.2) is 36.1 Å². The molecule has 2 atom stereocenters. The molecule has 1 aromatic heterocycles. The minimum atomic E-state index is -0.388. The number of aryl methyl sites for hydroxylation is 1. The summed E-state index contributed by atoms with van der Waals surface area (Å²) in [6.45, 7) is 4.01. The van der Waals surface area contributed by atoms with Crippen LogP contribution in [0.3, 0.4) is 0 Å².